The monoisotopic (exact) mass is 321 g/mol. The van der Waals surface area contributed by atoms with Gasteiger partial charge in [0.1, 0.15) is 0 Å². The van der Waals surface area contributed by atoms with E-state index in [1.807, 2.05) is 6.92 Å². The van der Waals surface area contributed by atoms with Gasteiger partial charge < -0.3 is 4.42 Å². The summed E-state index contributed by atoms with van der Waals surface area (Å²) >= 11 is 1.72. The van der Waals surface area contributed by atoms with Crippen LogP contribution in [0.25, 0.3) is 0 Å². The molecule has 1 aliphatic heterocycles. The molecule has 0 spiro atoms. The summed E-state index contributed by atoms with van der Waals surface area (Å²) in [5.41, 5.74) is 1.19. The van der Waals surface area contributed by atoms with Gasteiger partial charge in [-0.15, -0.1) is 21.5 Å². The summed E-state index contributed by atoms with van der Waals surface area (Å²) in [4.78, 5) is 9.42. The van der Waals surface area contributed by atoms with Crippen molar-refractivity contribution in [2.75, 3.05) is 26.2 Å². The number of aryl methyl sites for hydroxylation is 2. The molecule has 2 aromatic heterocycles. The Morgan fingerprint density at radius 2 is 2.05 bits per heavy atom. The van der Waals surface area contributed by atoms with Crippen LogP contribution >= 0.6 is 11.3 Å². The van der Waals surface area contributed by atoms with Gasteiger partial charge in [-0.2, -0.15) is 0 Å². The van der Waals surface area contributed by atoms with Gasteiger partial charge in [0.05, 0.1) is 16.7 Å². The summed E-state index contributed by atoms with van der Waals surface area (Å²) in [6.45, 7) is 11.3. The lowest BCUT2D eigenvalue weighted by molar-refractivity contribution is 0.0863. The Kier molecular flexibility index (Phi) is 4.85. The smallest absolute Gasteiger partial charge is 0.233 e. The van der Waals surface area contributed by atoms with Gasteiger partial charge in [0.2, 0.25) is 11.8 Å². The lowest BCUT2D eigenvalue weighted by Gasteiger charge is -2.36. The van der Waals surface area contributed by atoms with Crippen molar-refractivity contribution in [2.45, 2.75) is 39.8 Å². The van der Waals surface area contributed by atoms with Crippen molar-refractivity contribution in [1.29, 1.82) is 0 Å². The third-order valence-corrected chi connectivity index (χ3v) is 4.97. The molecule has 1 aliphatic rings. The Morgan fingerprint density at radius 1 is 1.27 bits per heavy atom. The SMILES string of the molecule is CCc1nnc(C(C)N2CCN(Cc3csc(C)n3)CC2)o1. The van der Waals surface area contributed by atoms with E-state index in [2.05, 4.69) is 44.2 Å². The number of nitrogens with zero attached hydrogens (tertiary/aromatic N) is 5. The van der Waals surface area contributed by atoms with Crippen LogP contribution in [0, 0.1) is 6.92 Å². The topological polar surface area (TPSA) is 58.3 Å². The summed E-state index contributed by atoms with van der Waals surface area (Å²) in [5, 5.41) is 11.5. The number of rotatable bonds is 5. The molecule has 0 N–H and O–H groups in total. The summed E-state index contributed by atoms with van der Waals surface area (Å²) in [6, 6.07) is 0.191. The van der Waals surface area contributed by atoms with E-state index >= 15 is 0 Å². The predicted molar refractivity (Wildman–Crippen MR) is 85.8 cm³/mol. The molecule has 1 unspecified atom stereocenters. The standard InChI is InChI=1S/C15H23N5OS/c1-4-14-17-18-15(21-14)11(2)20-7-5-19(6-8-20)9-13-10-22-12(3)16-13/h10-11H,4-9H2,1-3H3. The molecule has 0 bridgehead atoms. The molecule has 2 aromatic rings. The molecule has 1 fully saturated rings. The van der Waals surface area contributed by atoms with Crippen LogP contribution in [0.5, 0.6) is 0 Å². The molecular formula is C15H23N5OS. The minimum atomic E-state index is 0.191. The first kappa shape index (κ1) is 15.6. The molecule has 0 saturated carbocycles. The zero-order chi connectivity index (χ0) is 15.5. The molecule has 3 heterocycles. The second-order valence-electron chi connectivity index (χ2n) is 5.73. The molecule has 3 rings (SSSR count). The van der Waals surface area contributed by atoms with Crippen molar-refractivity contribution < 1.29 is 4.42 Å². The Balaban J connectivity index is 1.52. The van der Waals surface area contributed by atoms with Crippen LogP contribution in [0.3, 0.4) is 0 Å². The number of piperazine rings is 1. The van der Waals surface area contributed by atoms with Crippen LogP contribution in [-0.2, 0) is 13.0 Å². The first-order chi connectivity index (χ1) is 10.7. The second-order valence-corrected chi connectivity index (χ2v) is 6.80. The molecule has 1 saturated heterocycles. The van der Waals surface area contributed by atoms with Crippen molar-refractivity contribution in [3.05, 3.63) is 27.9 Å². The van der Waals surface area contributed by atoms with E-state index in [0.717, 1.165) is 55.9 Å². The highest BCUT2D eigenvalue weighted by Gasteiger charge is 2.25. The Hall–Kier alpha value is -1.31. The fraction of sp³-hybridized carbons (Fsp3) is 0.667. The fourth-order valence-electron chi connectivity index (χ4n) is 2.75. The van der Waals surface area contributed by atoms with Crippen LogP contribution in [0.2, 0.25) is 0 Å². The molecule has 6 nitrogen and oxygen atoms in total. The third kappa shape index (κ3) is 3.53. The van der Waals surface area contributed by atoms with Crippen molar-refractivity contribution in [2.24, 2.45) is 0 Å². The van der Waals surface area contributed by atoms with E-state index in [4.69, 9.17) is 4.42 Å². The van der Waals surface area contributed by atoms with Crippen molar-refractivity contribution in [3.63, 3.8) is 0 Å². The van der Waals surface area contributed by atoms with E-state index in [1.165, 1.54) is 5.69 Å². The zero-order valence-electron chi connectivity index (χ0n) is 13.4. The number of aromatic nitrogens is 3. The van der Waals surface area contributed by atoms with Gasteiger partial charge in [-0.3, -0.25) is 9.80 Å². The maximum atomic E-state index is 5.69. The maximum absolute atomic E-state index is 5.69. The lowest BCUT2D eigenvalue weighted by atomic mass is 10.2. The van der Waals surface area contributed by atoms with Crippen molar-refractivity contribution >= 4 is 11.3 Å². The first-order valence-corrected chi connectivity index (χ1v) is 8.73. The zero-order valence-corrected chi connectivity index (χ0v) is 14.3. The molecule has 1 atom stereocenters. The number of hydrogen-bond donors (Lipinski definition) is 0. The van der Waals surface area contributed by atoms with Gasteiger partial charge >= 0.3 is 0 Å². The lowest BCUT2D eigenvalue weighted by Crippen LogP contribution is -2.46. The van der Waals surface area contributed by atoms with E-state index in [-0.39, 0.29) is 6.04 Å². The summed E-state index contributed by atoms with van der Waals surface area (Å²) < 4.78 is 5.69. The van der Waals surface area contributed by atoms with Gasteiger partial charge in [0.15, 0.2) is 0 Å². The Bertz CT molecular complexity index is 603. The van der Waals surface area contributed by atoms with Crippen LogP contribution in [0.15, 0.2) is 9.80 Å². The minimum Gasteiger partial charge on any atom is -0.424 e. The van der Waals surface area contributed by atoms with Crippen LogP contribution < -0.4 is 0 Å². The quantitative estimate of drug-likeness (QED) is 0.842. The fourth-order valence-corrected chi connectivity index (χ4v) is 3.36. The van der Waals surface area contributed by atoms with Crippen LogP contribution in [0.1, 0.15) is 42.4 Å². The molecule has 22 heavy (non-hydrogen) atoms. The van der Waals surface area contributed by atoms with Gasteiger partial charge in [-0.25, -0.2) is 4.98 Å². The average Bonchev–Trinajstić information content (AvgIpc) is 3.16. The van der Waals surface area contributed by atoms with Gasteiger partial charge in [0.25, 0.3) is 0 Å². The Morgan fingerprint density at radius 3 is 2.64 bits per heavy atom. The van der Waals surface area contributed by atoms with E-state index < -0.39 is 0 Å². The molecular weight excluding hydrogens is 298 g/mol. The molecule has 120 valence electrons. The highest BCUT2D eigenvalue weighted by Crippen LogP contribution is 2.21. The summed E-state index contributed by atoms with van der Waals surface area (Å²) in [6.07, 6.45) is 0.792. The molecule has 7 heteroatoms. The number of hydrogen-bond acceptors (Lipinski definition) is 7. The number of thiazole rings is 1. The molecule has 0 radical (unpaired) electrons. The van der Waals surface area contributed by atoms with Gasteiger partial charge in [-0.05, 0) is 13.8 Å². The average molecular weight is 321 g/mol. The highest BCUT2D eigenvalue weighted by molar-refractivity contribution is 7.09. The predicted octanol–water partition coefficient (Wildman–Crippen LogP) is 2.28. The maximum Gasteiger partial charge on any atom is 0.233 e. The van der Waals surface area contributed by atoms with Crippen molar-refractivity contribution in [3.8, 4) is 0 Å². The van der Waals surface area contributed by atoms with Crippen LogP contribution in [-0.4, -0.2) is 51.2 Å². The van der Waals surface area contributed by atoms with Gasteiger partial charge in [0, 0.05) is 44.5 Å². The van der Waals surface area contributed by atoms with Crippen LogP contribution in [0.4, 0.5) is 0 Å². The molecule has 0 amide bonds. The van der Waals surface area contributed by atoms with Crippen molar-refractivity contribution in [1.82, 2.24) is 25.0 Å². The minimum absolute atomic E-state index is 0.191. The van der Waals surface area contributed by atoms with E-state index in [9.17, 15) is 0 Å². The van der Waals surface area contributed by atoms with E-state index in [0.29, 0.717) is 0 Å². The second kappa shape index (κ2) is 6.85. The highest BCUT2D eigenvalue weighted by atomic mass is 32.1. The first-order valence-electron chi connectivity index (χ1n) is 7.85. The third-order valence-electron chi connectivity index (χ3n) is 4.15. The normalized spacial score (nSPS) is 18.7. The van der Waals surface area contributed by atoms with Gasteiger partial charge in [-0.1, -0.05) is 6.92 Å². The summed E-state index contributed by atoms with van der Waals surface area (Å²) in [7, 11) is 0. The molecule has 0 aliphatic carbocycles. The Labute approximate surface area is 135 Å². The summed E-state index contributed by atoms with van der Waals surface area (Å²) in [5.74, 6) is 1.46. The van der Waals surface area contributed by atoms with E-state index in [1.54, 1.807) is 11.3 Å². The molecule has 0 aromatic carbocycles. The largest absolute Gasteiger partial charge is 0.424 e.